The number of hydrogen-bond acceptors (Lipinski definition) is 3. The molecule has 3 nitrogen and oxygen atoms in total. The summed E-state index contributed by atoms with van der Waals surface area (Å²) in [5, 5.41) is 0. The molecule has 0 bridgehead atoms. The minimum atomic E-state index is -0.212. The highest BCUT2D eigenvalue weighted by Gasteiger charge is 2.13. The second-order valence-electron chi connectivity index (χ2n) is 4.61. The maximum absolute atomic E-state index is 13.3. The normalized spacial score (nSPS) is 12.2. The van der Waals surface area contributed by atoms with Gasteiger partial charge < -0.3 is 4.74 Å². The predicted octanol–water partition coefficient (Wildman–Crippen LogP) is 3.09. The van der Waals surface area contributed by atoms with Crippen molar-refractivity contribution >= 4 is 0 Å². The maximum Gasteiger partial charge on any atom is 0.126 e. The van der Waals surface area contributed by atoms with Gasteiger partial charge in [-0.15, -0.1) is 0 Å². The zero-order chi connectivity index (χ0) is 14.5. The molecular formula is C16H19FN2O. The fourth-order valence-corrected chi connectivity index (χ4v) is 2.16. The van der Waals surface area contributed by atoms with Crippen LogP contribution in [0.2, 0.25) is 0 Å². The van der Waals surface area contributed by atoms with E-state index in [1.165, 1.54) is 6.07 Å². The van der Waals surface area contributed by atoms with Crippen molar-refractivity contribution < 1.29 is 9.13 Å². The fourth-order valence-electron chi connectivity index (χ4n) is 2.16. The summed E-state index contributed by atoms with van der Waals surface area (Å²) in [6, 6.07) is 12.5. The number of halogens is 1. The Morgan fingerprint density at radius 2 is 1.80 bits per heavy atom. The van der Waals surface area contributed by atoms with Crippen molar-refractivity contribution in [2.24, 2.45) is 5.84 Å². The van der Waals surface area contributed by atoms with Gasteiger partial charge in [0, 0.05) is 0 Å². The third-order valence-corrected chi connectivity index (χ3v) is 3.21. The van der Waals surface area contributed by atoms with Gasteiger partial charge in [-0.05, 0) is 48.7 Å². The van der Waals surface area contributed by atoms with E-state index < -0.39 is 0 Å². The first-order valence-corrected chi connectivity index (χ1v) is 6.60. The largest absolute Gasteiger partial charge is 0.494 e. The molecule has 0 saturated heterocycles. The molecule has 0 aliphatic carbocycles. The summed E-state index contributed by atoms with van der Waals surface area (Å²) in [5.41, 5.74) is 5.30. The lowest BCUT2D eigenvalue weighted by Gasteiger charge is -2.18. The Labute approximate surface area is 118 Å². The Morgan fingerprint density at radius 3 is 2.35 bits per heavy atom. The van der Waals surface area contributed by atoms with Crippen LogP contribution >= 0.6 is 0 Å². The van der Waals surface area contributed by atoms with Crippen molar-refractivity contribution in [3.63, 3.8) is 0 Å². The van der Waals surface area contributed by atoms with Crippen molar-refractivity contribution in [3.8, 4) is 5.75 Å². The Balaban J connectivity index is 2.29. The molecule has 0 spiro atoms. The average Bonchev–Trinajstić information content (AvgIpc) is 2.46. The van der Waals surface area contributed by atoms with E-state index in [1.54, 1.807) is 19.1 Å². The molecule has 3 N–H and O–H groups in total. The Morgan fingerprint density at radius 1 is 1.15 bits per heavy atom. The van der Waals surface area contributed by atoms with Crippen molar-refractivity contribution in [2.45, 2.75) is 19.9 Å². The SMILES string of the molecule is CCOc1ccc(C(NN)c2ccc(F)c(C)c2)cc1. The highest BCUT2D eigenvalue weighted by Crippen LogP contribution is 2.25. The number of nitrogens with one attached hydrogen (secondary N) is 1. The molecule has 2 aromatic rings. The van der Waals surface area contributed by atoms with Gasteiger partial charge in [0.1, 0.15) is 11.6 Å². The number of ether oxygens (including phenoxy) is 1. The van der Waals surface area contributed by atoms with Gasteiger partial charge in [0.15, 0.2) is 0 Å². The zero-order valence-corrected chi connectivity index (χ0v) is 11.7. The molecule has 0 amide bonds. The van der Waals surface area contributed by atoms with Crippen molar-refractivity contribution in [1.82, 2.24) is 5.43 Å². The van der Waals surface area contributed by atoms with E-state index >= 15 is 0 Å². The van der Waals surface area contributed by atoms with E-state index in [-0.39, 0.29) is 11.9 Å². The van der Waals surface area contributed by atoms with Crippen LogP contribution in [-0.4, -0.2) is 6.61 Å². The smallest absolute Gasteiger partial charge is 0.126 e. The number of nitrogens with two attached hydrogens (primary N) is 1. The van der Waals surface area contributed by atoms with Crippen LogP contribution in [0.3, 0.4) is 0 Å². The van der Waals surface area contributed by atoms with Crippen LogP contribution in [0.25, 0.3) is 0 Å². The van der Waals surface area contributed by atoms with Crippen LogP contribution < -0.4 is 16.0 Å². The molecule has 2 rings (SSSR count). The van der Waals surface area contributed by atoms with E-state index in [1.807, 2.05) is 31.2 Å². The number of benzene rings is 2. The topological polar surface area (TPSA) is 47.3 Å². The summed E-state index contributed by atoms with van der Waals surface area (Å²) in [7, 11) is 0. The van der Waals surface area contributed by atoms with E-state index in [4.69, 9.17) is 10.6 Å². The molecular weight excluding hydrogens is 255 g/mol. The van der Waals surface area contributed by atoms with E-state index in [0.717, 1.165) is 16.9 Å². The molecule has 0 radical (unpaired) electrons. The number of aryl methyl sites for hydroxylation is 1. The third-order valence-electron chi connectivity index (χ3n) is 3.21. The fraction of sp³-hybridized carbons (Fsp3) is 0.250. The average molecular weight is 274 g/mol. The summed E-state index contributed by atoms with van der Waals surface area (Å²) < 4.78 is 18.8. The van der Waals surface area contributed by atoms with Gasteiger partial charge in [0.2, 0.25) is 0 Å². The standard InChI is InChI=1S/C16H19FN2O/c1-3-20-14-7-4-12(5-8-14)16(19-18)13-6-9-15(17)11(2)10-13/h4-10,16,19H,3,18H2,1-2H3. The monoisotopic (exact) mass is 274 g/mol. The van der Waals surface area contributed by atoms with Crippen LogP contribution in [-0.2, 0) is 0 Å². The molecule has 2 aromatic carbocycles. The van der Waals surface area contributed by atoms with Gasteiger partial charge in [-0.2, -0.15) is 0 Å². The summed E-state index contributed by atoms with van der Waals surface area (Å²) in [5.74, 6) is 6.26. The molecule has 0 aromatic heterocycles. The van der Waals surface area contributed by atoms with Gasteiger partial charge >= 0.3 is 0 Å². The van der Waals surface area contributed by atoms with Crippen molar-refractivity contribution in [2.75, 3.05) is 6.61 Å². The van der Waals surface area contributed by atoms with Gasteiger partial charge in [-0.3, -0.25) is 5.84 Å². The van der Waals surface area contributed by atoms with Gasteiger partial charge in [0.25, 0.3) is 0 Å². The number of hydrogen-bond donors (Lipinski definition) is 2. The van der Waals surface area contributed by atoms with E-state index in [9.17, 15) is 4.39 Å². The van der Waals surface area contributed by atoms with Crippen LogP contribution in [0.5, 0.6) is 5.75 Å². The van der Waals surface area contributed by atoms with Gasteiger partial charge in [-0.1, -0.05) is 24.3 Å². The molecule has 0 fully saturated rings. The van der Waals surface area contributed by atoms with Crippen molar-refractivity contribution in [3.05, 3.63) is 65.0 Å². The minimum absolute atomic E-state index is 0.176. The van der Waals surface area contributed by atoms with E-state index in [2.05, 4.69) is 5.43 Å². The first-order valence-electron chi connectivity index (χ1n) is 6.60. The third kappa shape index (κ3) is 3.15. The van der Waals surface area contributed by atoms with Crippen LogP contribution in [0.15, 0.2) is 42.5 Å². The van der Waals surface area contributed by atoms with Crippen molar-refractivity contribution in [1.29, 1.82) is 0 Å². The highest BCUT2D eigenvalue weighted by atomic mass is 19.1. The lowest BCUT2D eigenvalue weighted by atomic mass is 9.97. The van der Waals surface area contributed by atoms with E-state index in [0.29, 0.717) is 12.2 Å². The first-order chi connectivity index (χ1) is 9.65. The molecule has 0 saturated carbocycles. The zero-order valence-electron chi connectivity index (χ0n) is 11.7. The molecule has 4 heteroatoms. The molecule has 0 aliphatic heterocycles. The molecule has 20 heavy (non-hydrogen) atoms. The lowest BCUT2D eigenvalue weighted by Crippen LogP contribution is -2.28. The summed E-state index contributed by atoms with van der Waals surface area (Å²) >= 11 is 0. The molecule has 106 valence electrons. The number of hydrazine groups is 1. The van der Waals surface area contributed by atoms with Crippen LogP contribution in [0, 0.1) is 12.7 Å². The predicted molar refractivity (Wildman–Crippen MR) is 77.9 cm³/mol. The second-order valence-corrected chi connectivity index (χ2v) is 4.61. The molecule has 1 atom stereocenters. The van der Waals surface area contributed by atoms with Crippen LogP contribution in [0.1, 0.15) is 29.7 Å². The summed E-state index contributed by atoms with van der Waals surface area (Å²) in [4.78, 5) is 0. The maximum atomic E-state index is 13.3. The Hall–Kier alpha value is -1.91. The highest BCUT2D eigenvalue weighted by molar-refractivity contribution is 5.37. The molecule has 0 heterocycles. The first kappa shape index (κ1) is 14.5. The van der Waals surface area contributed by atoms with Gasteiger partial charge in [0.05, 0.1) is 12.6 Å². The Kier molecular flexibility index (Phi) is 4.71. The lowest BCUT2D eigenvalue weighted by molar-refractivity contribution is 0.340. The summed E-state index contributed by atoms with van der Waals surface area (Å²) in [6.07, 6.45) is 0. The van der Waals surface area contributed by atoms with Crippen LogP contribution in [0.4, 0.5) is 4.39 Å². The summed E-state index contributed by atoms with van der Waals surface area (Å²) in [6.45, 7) is 4.32. The molecule has 0 aliphatic rings. The van der Waals surface area contributed by atoms with Gasteiger partial charge in [-0.25, -0.2) is 9.82 Å². The Bertz CT molecular complexity index is 569. The second kappa shape index (κ2) is 6.50. The quantitative estimate of drug-likeness (QED) is 0.650. The number of rotatable bonds is 5. The molecule has 1 unspecified atom stereocenters. The minimum Gasteiger partial charge on any atom is -0.494 e.